The number of hydrogen-bond donors (Lipinski definition) is 0. The van der Waals surface area contributed by atoms with Gasteiger partial charge < -0.3 is 0 Å². The van der Waals surface area contributed by atoms with Crippen molar-refractivity contribution in [3.8, 4) is 0 Å². The van der Waals surface area contributed by atoms with Gasteiger partial charge in [0.1, 0.15) is 0 Å². The maximum Gasteiger partial charge on any atom is 0.159 e. The molecule has 0 saturated carbocycles. The number of Topliss-reactive ketones (excluding diaryl/α,β-unsaturated/α-hetero) is 1. The van der Waals surface area contributed by atoms with Crippen molar-refractivity contribution >= 4 is 21.7 Å². The van der Waals surface area contributed by atoms with Crippen LogP contribution in [0.15, 0.2) is 22.7 Å². The fraction of sp³-hybridized carbons (Fsp3) is 0.300. The van der Waals surface area contributed by atoms with Crippen LogP contribution in [0.4, 0.5) is 0 Å². The van der Waals surface area contributed by atoms with Gasteiger partial charge in [0.15, 0.2) is 5.78 Å². The highest BCUT2D eigenvalue weighted by molar-refractivity contribution is 9.10. The third-order valence-electron chi connectivity index (χ3n) is 1.84. The Morgan fingerprint density at radius 1 is 1.50 bits per heavy atom. The first kappa shape index (κ1) is 9.46. The zero-order valence-electron chi connectivity index (χ0n) is 7.23. The molecule has 12 heavy (non-hydrogen) atoms. The molecule has 2 heteroatoms. The molecule has 64 valence electrons. The van der Waals surface area contributed by atoms with Gasteiger partial charge in [-0.1, -0.05) is 35.0 Å². The van der Waals surface area contributed by atoms with Gasteiger partial charge in [-0.15, -0.1) is 0 Å². The molecule has 1 aromatic rings. The molecule has 0 aliphatic carbocycles. The van der Waals surface area contributed by atoms with Crippen LogP contribution in [0, 0.1) is 0 Å². The number of carbonyl (C=O) groups excluding carboxylic acids is 1. The summed E-state index contributed by atoms with van der Waals surface area (Å²) in [5, 5.41) is 0. The highest BCUT2D eigenvalue weighted by atomic mass is 79.9. The van der Waals surface area contributed by atoms with Crippen LogP contribution in [-0.2, 0) is 6.42 Å². The standard InChI is InChI=1S/C10H11BrO/c1-3-8-4-5-9(7(2)12)6-10(8)11/h4-6H,3H2,1-2H3. The van der Waals surface area contributed by atoms with Crippen LogP contribution in [-0.4, -0.2) is 5.78 Å². The Hall–Kier alpha value is -0.630. The van der Waals surface area contributed by atoms with E-state index in [0.29, 0.717) is 0 Å². The van der Waals surface area contributed by atoms with E-state index in [1.807, 2.05) is 18.2 Å². The van der Waals surface area contributed by atoms with Crippen LogP contribution >= 0.6 is 15.9 Å². The lowest BCUT2D eigenvalue weighted by atomic mass is 10.1. The normalized spacial score (nSPS) is 9.92. The van der Waals surface area contributed by atoms with E-state index in [0.717, 1.165) is 16.5 Å². The van der Waals surface area contributed by atoms with Crippen molar-refractivity contribution in [1.29, 1.82) is 0 Å². The molecule has 0 N–H and O–H groups in total. The van der Waals surface area contributed by atoms with Gasteiger partial charge in [-0.3, -0.25) is 4.79 Å². The maximum atomic E-state index is 11.0. The first-order valence-corrected chi connectivity index (χ1v) is 4.73. The highest BCUT2D eigenvalue weighted by Gasteiger charge is 2.02. The predicted molar refractivity (Wildman–Crippen MR) is 53.5 cm³/mol. The van der Waals surface area contributed by atoms with Crippen molar-refractivity contribution in [2.45, 2.75) is 20.3 Å². The molecular formula is C10H11BrO. The molecule has 1 rings (SSSR count). The Bertz CT molecular complexity index is 305. The van der Waals surface area contributed by atoms with E-state index in [2.05, 4.69) is 22.9 Å². The van der Waals surface area contributed by atoms with Gasteiger partial charge in [-0.2, -0.15) is 0 Å². The summed E-state index contributed by atoms with van der Waals surface area (Å²) in [6.07, 6.45) is 0.985. The van der Waals surface area contributed by atoms with Gasteiger partial charge >= 0.3 is 0 Å². The average molecular weight is 227 g/mol. The number of aryl methyl sites for hydroxylation is 1. The minimum Gasteiger partial charge on any atom is -0.295 e. The summed E-state index contributed by atoms with van der Waals surface area (Å²) in [5.41, 5.74) is 2.00. The lowest BCUT2D eigenvalue weighted by molar-refractivity contribution is 0.101. The van der Waals surface area contributed by atoms with Gasteiger partial charge in [0.05, 0.1) is 0 Å². The number of halogens is 1. The fourth-order valence-electron chi connectivity index (χ4n) is 1.05. The van der Waals surface area contributed by atoms with E-state index in [1.54, 1.807) is 6.92 Å². The number of hydrogen-bond acceptors (Lipinski definition) is 1. The van der Waals surface area contributed by atoms with Crippen molar-refractivity contribution in [3.05, 3.63) is 33.8 Å². The lowest BCUT2D eigenvalue weighted by Gasteiger charge is -2.02. The summed E-state index contributed by atoms with van der Waals surface area (Å²) in [5.74, 6) is 0.110. The second-order valence-electron chi connectivity index (χ2n) is 2.72. The van der Waals surface area contributed by atoms with Crippen molar-refractivity contribution in [1.82, 2.24) is 0 Å². The van der Waals surface area contributed by atoms with E-state index in [4.69, 9.17) is 0 Å². The van der Waals surface area contributed by atoms with Gasteiger partial charge in [0.2, 0.25) is 0 Å². The largest absolute Gasteiger partial charge is 0.295 e. The van der Waals surface area contributed by atoms with Crippen LogP contribution in [0.3, 0.4) is 0 Å². The Labute approximate surface area is 80.9 Å². The monoisotopic (exact) mass is 226 g/mol. The zero-order chi connectivity index (χ0) is 9.14. The van der Waals surface area contributed by atoms with E-state index in [-0.39, 0.29) is 5.78 Å². The van der Waals surface area contributed by atoms with Crippen molar-refractivity contribution in [3.63, 3.8) is 0 Å². The maximum absolute atomic E-state index is 11.0. The van der Waals surface area contributed by atoms with Crippen LogP contribution in [0.25, 0.3) is 0 Å². The molecule has 0 aromatic heterocycles. The average Bonchev–Trinajstić information content (AvgIpc) is 2.04. The SMILES string of the molecule is CCc1ccc(C(C)=O)cc1Br. The van der Waals surface area contributed by atoms with E-state index >= 15 is 0 Å². The van der Waals surface area contributed by atoms with Crippen molar-refractivity contribution < 1.29 is 4.79 Å². The Morgan fingerprint density at radius 3 is 2.58 bits per heavy atom. The van der Waals surface area contributed by atoms with Gasteiger partial charge in [0, 0.05) is 10.0 Å². The minimum absolute atomic E-state index is 0.110. The van der Waals surface area contributed by atoms with Crippen molar-refractivity contribution in [2.75, 3.05) is 0 Å². The number of benzene rings is 1. The first-order valence-electron chi connectivity index (χ1n) is 3.94. The summed E-state index contributed by atoms with van der Waals surface area (Å²) in [6, 6.07) is 5.73. The second kappa shape index (κ2) is 3.85. The third kappa shape index (κ3) is 1.95. The Kier molecular flexibility index (Phi) is 3.04. The predicted octanol–water partition coefficient (Wildman–Crippen LogP) is 3.21. The third-order valence-corrected chi connectivity index (χ3v) is 2.58. The van der Waals surface area contributed by atoms with Crippen LogP contribution in [0.1, 0.15) is 29.8 Å². The molecule has 0 unspecified atom stereocenters. The first-order chi connectivity index (χ1) is 5.65. The summed E-state index contributed by atoms with van der Waals surface area (Å²) >= 11 is 3.42. The van der Waals surface area contributed by atoms with Crippen LogP contribution in [0.5, 0.6) is 0 Å². The Balaban J connectivity index is 3.10. The molecule has 1 aromatic carbocycles. The number of ketones is 1. The summed E-state index contributed by atoms with van der Waals surface area (Å²) in [6.45, 7) is 3.67. The molecule has 0 radical (unpaired) electrons. The molecule has 0 aliphatic rings. The summed E-state index contributed by atoms with van der Waals surface area (Å²) < 4.78 is 1.03. The summed E-state index contributed by atoms with van der Waals surface area (Å²) in [7, 11) is 0. The minimum atomic E-state index is 0.110. The molecule has 0 aliphatic heterocycles. The number of carbonyl (C=O) groups is 1. The molecule has 0 amide bonds. The zero-order valence-corrected chi connectivity index (χ0v) is 8.81. The quantitative estimate of drug-likeness (QED) is 0.709. The summed E-state index contributed by atoms with van der Waals surface area (Å²) in [4.78, 5) is 11.0. The topological polar surface area (TPSA) is 17.1 Å². The molecule has 0 spiro atoms. The Morgan fingerprint density at radius 2 is 2.17 bits per heavy atom. The molecular weight excluding hydrogens is 216 g/mol. The van der Waals surface area contributed by atoms with E-state index < -0.39 is 0 Å². The molecule has 0 heterocycles. The van der Waals surface area contributed by atoms with Crippen LogP contribution < -0.4 is 0 Å². The highest BCUT2D eigenvalue weighted by Crippen LogP contribution is 2.19. The van der Waals surface area contributed by atoms with Crippen molar-refractivity contribution in [2.24, 2.45) is 0 Å². The van der Waals surface area contributed by atoms with Gasteiger partial charge in [-0.25, -0.2) is 0 Å². The van der Waals surface area contributed by atoms with Crippen LogP contribution in [0.2, 0.25) is 0 Å². The van der Waals surface area contributed by atoms with Gasteiger partial charge in [0.25, 0.3) is 0 Å². The molecule has 0 fully saturated rings. The lowest BCUT2D eigenvalue weighted by Crippen LogP contribution is -1.93. The van der Waals surface area contributed by atoms with E-state index in [9.17, 15) is 4.79 Å². The van der Waals surface area contributed by atoms with E-state index in [1.165, 1.54) is 5.56 Å². The molecule has 0 atom stereocenters. The molecule has 0 bridgehead atoms. The molecule has 1 nitrogen and oxygen atoms in total. The fourth-order valence-corrected chi connectivity index (χ4v) is 1.71. The molecule has 0 saturated heterocycles. The van der Waals surface area contributed by atoms with Gasteiger partial charge in [-0.05, 0) is 25.0 Å². The number of rotatable bonds is 2. The second-order valence-corrected chi connectivity index (χ2v) is 3.57. The smallest absolute Gasteiger partial charge is 0.159 e.